The lowest BCUT2D eigenvalue weighted by molar-refractivity contribution is 1.31. The van der Waals surface area contributed by atoms with Crippen molar-refractivity contribution in [2.75, 3.05) is 0 Å². The predicted molar refractivity (Wildman–Crippen MR) is 123 cm³/mol. The molecule has 0 amide bonds. The highest BCUT2D eigenvalue weighted by atomic mass is 14.2. The van der Waals surface area contributed by atoms with E-state index in [2.05, 4.69) is 102 Å². The molecule has 0 atom stereocenters. The van der Waals surface area contributed by atoms with Crippen molar-refractivity contribution in [3.8, 4) is 22.3 Å². The maximum atomic E-state index is 2.38. The maximum absolute atomic E-state index is 2.38. The van der Waals surface area contributed by atoms with E-state index in [1.807, 2.05) is 0 Å². The first kappa shape index (κ1) is 18.5. The summed E-state index contributed by atoms with van der Waals surface area (Å²) in [5.74, 6) is 0. The number of fused-ring (bicyclic) bond motifs is 1. The van der Waals surface area contributed by atoms with Gasteiger partial charge in [-0.05, 0) is 109 Å². The van der Waals surface area contributed by atoms with E-state index in [9.17, 15) is 0 Å². The molecule has 0 radical (unpaired) electrons. The van der Waals surface area contributed by atoms with Gasteiger partial charge in [-0.25, -0.2) is 0 Å². The van der Waals surface area contributed by atoms with Gasteiger partial charge in [-0.2, -0.15) is 0 Å². The summed E-state index contributed by atoms with van der Waals surface area (Å²) in [6, 6.07) is 22.7. The molecule has 4 aromatic rings. The maximum Gasteiger partial charge on any atom is -0.00935 e. The lowest BCUT2D eigenvalue weighted by Crippen LogP contribution is -1.97. The third-order valence-corrected chi connectivity index (χ3v) is 5.78. The molecule has 4 aromatic carbocycles. The third kappa shape index (κ3) is 3.14. The molecule has 0 nitrogen and oxygen atoms in total. The molecule has 0 unspecified atom stereocenters. The van der Waals surface area contributed by atoms with Gasteiger partial charge in [0.1, 0.15) is 0 Å². The third-order valence-electron chi connectivity index (χ3n) is 5.78. The molecule has 0 bridgehead atoms. The Balaban J connectivity index is 2.14. The van der Waals surface area contributed by atoms with E-state index in [1.165, 1.54) is 66.4 Å². The monoisotopic (exact) mass is 364 g/mol. The first-order valence-corrected chi connectivity index (χ1v) is 10.0. The van der Waals surface area contributed by atoms with Crippen LogP contribution in [0, 0.1) is 41.5 Å². The summed E-state index contributed by atoms with van der Waals surface area (Å²) in [5.41, 5.74) is 13.4. The Hall–Kier alpha value is -2.86. The van der Waals surface area contributed by atoms with Gasteiger partial charge in [0.15, 0.2) is 0 Å². The zero-order valence-electron chi connectivity index (χ0n) is 17.8. The van der Waals surface area contributed by atoms with Gasteiger partial charge in [0, 0.05) is 0 Å². The molecule has 0 heterocycles. The van der Waals surface area contributed by atoms with Gasteiger partial charge in [-0.15, -0.1) is 0 Å². The van der Waals surface area contributed by atoms with Gasteiger partial charge in [0.2, 0.25) is 0 Å². The van der Waals surface area contributed by atoms with Crippen LogP contribution in [0.1, 0.15) is 33.4 Å². The Morgan fingerprint density at radius 2 is 0.750 bits per heavy atom. The van der Waals surface area contributed by atoms with Crippen LogP contribution >= 0.6 is 0 Å². The summed E-state index contributed by atoms with van der Waals surface area (Å²) < 4.78 is 0. The zero-order chi connectivity index (χ0) is 20.0. The van der Waals surface area contributed by atoms with E-state index >= 15 is 0 Å². The molecule has 0 N–H and O–H groups in total. The number of aryl methyl sites for hydroxylation is 6. The molecule has 0 aliphatic rings. The molecule has 0 saturated carbocycles. The van der Waals surface area contributed by atoms with Gasteiger partial charge >= 0.3 is 0 Å². The molecule has 0 aliphatic carbocycles. The average molecular weight is 365 g/mol. The van der Waals surface area contributed by atoms with Crippen molar-refractivity contribution in [1.29, 1.82) is 0 Å². The van der Waals surface area contributed by atoms with Crippen LogP contribution in [0.5, 0.6) is 0 Å². The summed E-state index contributed by atoms with van der Waals surface area (Å²) in [4.78, 5) is 0. The van der Waals surface area contributed by atoms with E-state index in [-0.39, 0.29) is 0 Å². The van der Waals surface area contributed by atoms with Crippen LogP contribution in [0.2, 0.25) is 0 Å². The van der Waals surface area contributed by atoms with Crippen molar-refractivity contribution in [2.24, 2.45) is 0 Å². The minimum absolute atomic E-state index is 1.29. The van der Waals surface area contributed by atoms with Crippen LogP contribution in [0.4, 0.5) is 0 Å². The van der Waals surface area contributed by atoms with Crippen LogP contribution in [0.25, 0.3) is 33.0 Å². The molecule has 0 heteroatoms. The Morgan fingerprint density at radius 3 is 1.07 bits per heavy atom. The SMILES string of the molecule is Cc1cc(C)c(-c2cc3ccccc3cc2-c2c(C)cc(C)cc2C)c(C)c1. The lowest BCUT2D eigenvalue weighted by Gasteiger charge is -2.20. The van der Waals surface area contributed by atoms with Crippen LogP contribution in [-0.4, -0.2) is 0 Å². The summed E-state index contributed by atoms with van der Waals surface area (Å²) >= 11 is 0. The summed E-state index contributed by atoms with van der Waals surface area (Å²) in [6.45, 7) is 13.3. The Kier molecular flexibility index (Phi) is 4.59. The van der Waals surface area contributed by atoms with Crippen LogP contribution in [0.15, 0.2) is 60.7 Å². The second-order valence-electron chi connectivity index (χ2n) is 8.29. The normalized spacial score (nSPS) is 11.2. The fourth-order valence-electron chi connectivity index (χ4n) is 4.86. The molecular weight excluding hydrogens is 336 g/mol. The Bertz CT molecular complexity index is 1070. The molecule has 28 heavy (non-hydrogen) atoms. The fourth-order valence-corrected chi connectivity index (χ4v) is 4.86. The van der Waals surface area contributed by atoms with Crippen molar-refractivity contribution >= 4 is 10.8 Å². The van der Waals surface area contributed by atoms with Crippen molar-refractivity contribution in [2.45, 2.75) is 41.5 Å². The quantitative estimate of drug-likeness (QED) is 0.338. The van der Waals surface area contributed by atoms with Crippen molar-refractivity contribution in [1.82, 2.24) is 0 Å². The largest absolute Gasteiger partial charge is 0.0616 e. The average Bonchev–Trinajstić information content (AvgIpc) is 2.60. The lowest BCUT2D eigenvalue weighted by atomic mass is 9.84. The first-order chi connectivity index (χ1) is 13.3. The predicted octanol–water partition coefficient (Wildman–Crippen LogP) is 8.02. The van der Waals surface area contributed by atoms with Gasteiger partial charge in [-0.1, -0.05) is 59.7 Å². The molecule has 140 valence electrons. The summed E-state index contributed by atoms with van der Waals surface area (Å²) in [6.07, 6.45) is 0. The van der Waals surface area contributed by atoms with E-state index < -0.39 is 0 Å². The zero-order valence-corrected chi connectivity index (χ0v) is 17.8. The minimum atomic E-state index is 1.29. The topological polar surface area (TPSA) is 0 Å². The van der Waals surface area contributed by atoms with E-state index in [1.54, 1.807) is 0 Å². The molecule has 0 saturated heterocycles. The van der Waals surface area contributed by atoms with E-state index in [0.29, 0.717) is 0 Å². The standard InChI is InChI=1S/C28H28/c1-17-11-19(3)27(20(4)12-17)25-15-23-9-7-8-10-24(23)16-26(25)28-21(5)13-18(2)14-22(28)6/h7-16H,1-6H3. The van der Waals surface area contributed by atoms with Crippen LogP contribution < -0.4 is 0 Å². The van der Waals surface area contributed by atoms with E-state index in [0.717, 1.165) is 0 Å². The van der Waals surface area contributed by atoms with Crippen LogP contribution in [0.3, 0.4) is 0 Å². The Labute approximate surface area is 168 Å². The smallest absolute Gasteiger partial charge is 0.00935 e. The second-order valence-corrected chi connectivity index (χ2v) is 8.29. The molecular formula is C28H28. The minimum Gasteiger partial charge on any atom is -0.0616 e. The number of hydrogen-bond donors (Lipinski definition) is 0. The van der Waals surface area contributed by atoms with E-state index in [4.69, 9.17) is 0 Å². The van der Waals surface area contributed by atoms with Crippen molar-refractivity contribution < 1.29 is 0 Å². The van der Waals surface area contributed by atoms with Crippen LogP contribution in [-0.2, 0) is 0 Å². The van der Waals surface area contributed by atoms with Gasteiger partial charge in [-0.3, -0.25) is 0 Å². The van der Waals surface area contributed by atoms with Gasteiger partial charge < -0.3 is 0 Å². The molecule has 0 aliphatic heterocycles. The molecule has 0 fully saturated rings. The van der Waals surface area contributed by atoms with Gasteiger partial charge in [0.25, 0.3) is 0 Å². The Morgan fingerprint density at radius 1 is 0.429 bits per heavy atom. The molecule has 0 spiro atoms. The number of hydrogen-bond acceptors (Lipinski definition) is 0. The first-order valence-electron chi connectivity index (χ1n) is 10.0. The number of rotatable bonds is 2. The van der Waals surface area contributed by atoms with Crippen molar-refractivity contribution in [3.63, 3.8) is 0 Å². The highest BCUT2D eigenvalue weighted by Crippen LogP contribution is 2.41. The second kappa shape index (κ2) is 6.95. The highest BCUT2D eigenvalue weighted by molar-refractivity contribution is 5.98. The summed E-state index contributed by atoms with van der Waals surface area (Å²) in [7, 11) is 0. The van der Waals surface area contributed by atoms with Crippen molar-refractivity contribution in [3.05, 3.63) is 94.0 Å². The van der Waals surface area contributed by atoms with Gasteiger partial charge in [0.05, 0.1) is 0 Å². The molecule has 0 aromatic heterocycles. The summed E-state index contributed by atoms with van der Waals surface area (Å²) in [5, 5.41) is 2.59. The fraction of sp³-hybridized carbons (Fsp3) is 0.214. The molecule has 4 rings (SSSR count). The number of benzene rings is 4. The highest BCUT2D eigenvalue weighted by Gasteiger charge is 2.17.